The van der Waals surface area contributed by atoms with E-state index in [0.717, 1.165) is 129 Å². The lowest BCUT2D eigenvalue weighted by atomic mass is 9.80. The summed E-state index contributed by atoms with van der Waals surface area (Å²) in [5.74, 6) is 2.41. The zero-order chi connectivity index (χ0) is 55.4. The van der Waals surface area contributed by atoms with Crippen LogP contribution in [0.15, 0.2) is 75.6 Å². The van der Waals surface area contributed by atoms with Crippen LogP contribution >= 0.6 is 0 Å². The number of nitrogens with one attached hydrogen (secondary N) is 2. The molecule has 0 aliphatic rings. The SMILES string of the molecule is CC.CC.CC=O.CCC.CCCCC(OC/C=C(\C)NC)C(CCC)=N/C(C)=C(\C)CCC(C)C(C)CCC(CCC)C(=NC)c1ccc(F)cc1C(C)CC.CCCc1c[nH]c2cccc(OC=O)c12. The minimum atomic E-state index is -0.154. The Morgan fingerprint density at radius 3 is 2.00 bits per heavy atom. The lowest BCUT2D eigenvalue weighted by Crippen LogP contribution is -2.25. The summed E-state index contributed by atoms with van der Waals surface area (Å²) < 4.78 is 25.6. The number of hydrogen-bond acceptors (Lipinski definition) is 7. The molecular formula is C63H109FN4O4. The number of aromatic nitrogens is 1. The van der Waals surface area contributed by atoms with E-state index in [9.17, 15) is 9.18 Å². The summed E-state index contributed by atoms with van der Waals surface area (Å²) >= 11 is 0. The van der Waals surface area contributed by atoms with Crippen LogP contribution in [0.2, 0.25) is 0 Å². The zero-order valence-corrected chi connectivity index (χ0v) is 49.9. The quantitative estimate of drug-likeness (QED) is 0.0557. The van der Waals surface area contributed by atoms with Gasteiger partial charge in [-0.1, -0.05) is 147 Å². The number of carbonyl (C=O) groups is 2. The van der Waals surface area contributed by atoms with E-state index in [4.69, 9.17) is 24.3 Å². The Labute approximate surface area is 442 Å². The minimum absolute atomic E-state index is 0.0706. The number of aliphatic imine (C=N–C) groups is 2. The van der Waals surface area contributed by atoms with Crippen molar-refractivity contribution < 1.29 is 23.5 Å². The summed E-state index contributed by atoms with van der Waals surface area (Å²) in [5.41, 5.74) is 10.5. The van der Waals surface area contributed by atoms with Gasteiger partial charge < -0.3 is 24.6 Å². The molecule has 9 heteroatoms. The van der Waals surface area contributed by atoms with Gasteiger partial charge in [-0.15, -0.1) is 0 Å². The van der Waals surface area contributed by atoms with Gasteiger partial charge >= 0.3 is 0 Å². The third-order valence-corrected chi connectivity index (χ3v) is 12.8. The Morgan fingerprint density at radius 1 is 0.819 bits per heavy atom. The Morgan fingerprint density at radius 2 is 1.46 bits per heavy atom. The number of nitrogens with zero attached hydrogens (tertiary/aromatic N) is 2. The molecule has 0 saturated heterocycles. The van der Waals surface area contributed by atoms with Gasteiger partial charge in [0.05, 0.1) is 12.7 Å². The number of allylic oxidation sites excluding steroid dienone is 3. The smallest absolute Gasteiger partial charge is 0.298 e. The van der Waals surface area contributed by atoms with Crippen molar-refractivity contribution in [2.75, 3.05) is 20.7 Å². The summed E-state index contributed by atoms with van der Waals surface area (Å²) in [6.45, 7) is 39.4. The van der Waals surface area contributed by atoms with Crippen molar-refractivity contribution in [3.8, 4) is 5.75 Å². The maximum absolute atomic E-state index is 14.3. The molecule has 3 aromatic rings. The van der Waals surface area contributed by atoms with Crippen molar-refractivity contribution in [1.82, 2.24) is 10.3 Å². The number of unbranched alkanes of at least 4 members (excludes halogenated alkanes) is 1. The molecule has 412 valence electrons. The molecule has 0 fully saturated rings. The molecule has 1 heterocycles. The first-order valence-electron chi connectivity index (χ1n) is 28.2. The number of rotatable bonds is 28. The van der Waals surface area contributed by atoms with Crippen LogP contribution in [0.25, 0.3) is 10.9 Å². The maximum atomic E-state index is 14.3. The third kappa shape index (κ3) is 28.8. The number of aromatic amines is 1. The lowest BCUT2D eigenvalue weighted by molar-refractivity contribution is -0.120. The van der Waals surface area contributed by atoms with Gasteiger partial charge in [0.25, 0.3) is 6.47 Å². The van der Waals surface area contributed by atoms with Crippen LogP contribution < -0.4 is 10.1 Å². The standard InChI is InChI=1S/C42H72FN3O.C12H13NO2.C3H8.C2H4O.2C2H6/c1-13-17-20-41(47-28-27-34(9)44-11)40(19-15-3)46-35(10)33(8)22-21-31(6)32(7)23-24-36(18-14-2)42(45-12)38-26-25-37(43)29-39(38)30(5)16-4;1-2-4-9-7-13-10-5-3-6-11(12(9)10)15-8-14;1-3-2;1-2-3;2*1-2/h25-27,29-32,36,41,44H,13-24,28H2,1-12H3;3,5-8,13H,2,4H2,1H3;3H2,1-2H3;2H,1H3;2*1-2H3/b34-27+,35-33+,45-42?,46-40?;;;;;. The Kier molecular flexibility index (Phi) is 46.3. The maximum Gasteiger partial charge on any atom is 0.298 e. The van der Waals surface area contributed by atoms with Gasteiger partial charge in [-0.25, -0.2) is 4.39 Å². The molecule has 0 aliphatic heterocycles. The number of H-pyrrole nitrogens is 1. The Bertz CT molecular complexity index is 1950. The number of benzene rings is 2. The monoisotopic (exact) mass is 1000 g/mol. The van der Waals surface area contributed by atoms with Gasteiger partial charge in [0.1, 0.15) is 17.9 Å². The number of aryl methyl sites for hydroxylation is 1. The molecule has 1 aromatic heterocycles. The first kappa shape index (κ1) is 71.9. The largest absolute Gasteiger partial charge is 0.428 e. The Balaban J connectivity index is -0.00000155. The molecule has 0 bridgehead atoms. The predicted molar refractivity (Wildman–Crippen MR) is 315 cm³/mol. The van der Waals surface area contributed by atoms with E-state index in [1.165, 1.54) is 36.6 Å². The van der Waals surface area contributed by atoms with Crippen LogP contribution in [0, 0.1) is 23.6 Å². The molecule has 0 spiro atoms. The fourth-order valence-electron chi connectivity index (χ4n) is 8.16. The summed E-state index contributed by atoms with van der Waals surface area (Å²) in [6, 6.07) is 11.0. The molecule has 0 amide bonds. The van der Waals surface area contributed by atoms with Crippen molar-refractivity contribution in [3.63, 3.8) is 0 Å². The number of halogens is 1. The predicted octanol–water partition coefficient (Wildman–Crippen LogP) is 18.6. The average Bonchev–Trinajstić information content (AvgIpc) is 3.81. The van der Waals surface area contributed by atoms with Crippen molar-refractivity contribution in [2.45, 2.75) is 233 Å². The van der Waals surface area contributed by atoms with Crippen LogP contribution in [-0.4, -0.2) is 56.0 Å². The fraction of sp³-hybridized carbons (Fsp3) is 0.651. The second kappa shape index (κ2) is 46.4. The number of aldehydes is 1. The molecule has 2 N–H and O–H groups in total. The van der Waals surface area contributed by atoms with Crippen molar-refractivity contribution in [3.05, 3.63) is 88.1 Å². The van der Waals surface area contributed by atoms with E-state index in [1.54, 1.807) is 12.1 Å². The summed E-state index contributed by atoms with van der Waals surface area (Å²) in [5, 5.41) is 4.20. The average molecular weight is 1010 g/mol. The first-order chi connectivity index (χ1) is 34.7. The fourth-order valence-corrected chi connectivity index (χ4v) is 8.16. The van der Waals surface area contributed by atoms with Gasteiger partial charge in [0.15, 0.2) is 0 Å². The van der Waals surface area contributed by atoms with Crippen LogP contribution in [0.1, 0.15) is 237 Å². The minimum Gasteiger partial charge on any atom is -0.428 e. The molecule has 5 atom stereocenters. The van der Waals surface area contributed by atoms with E-state index in [2.05, 4.69) is 106 Å². The highest BCUT2D eigenvalue weighted by atomic mass is 19.1. The second-order valence-electron chi connectivity index (χ2n) is 18.4. The highest BCUT2D eigenvalue weighted by molar-refractivity contribution is 6.03. The van der Waals surface area contributed by atoms with Crippen molar-refractivity contribution in [1.29, 1.82) is 0 Å². The van der Waals surface area contributed by atoms with Crippen LogP contribution in [-0.2, 0) is 20.7 Å². The topological polar surface area (TPSA) is 105 Å². The summed E-state index contributed by atoms with van der Waals surface area (Å²) in [4.78, 5) is 32.4. The molecule has 0 radical (unpaired) electrons. The molecule has 3 rings (SSSR count). The molecule has 5 unspecified atom stereocenters. The van der Waals surface area contributed by atoms with Crippen molar-refractivity contribution in [2.24, 2.45) is 27.7 Å². The normalized spacial score (nSPS) is 13.8. The van der Waals surface area contributed by atoms with Gasteiger partial charge in [0, 0.05) is 59.9 Å². The summed E-state index contributed by atoms with van der Waals surface area (Å²) in [6.07, 6.45) is 21.3. The third-order valence-electron chi connectivity index (χ3n) is 12.8. The van der Waals surface area contributed by atoms with E-state index in [-0.39, 0.29) is 11.9 Å². The molecular weight excluding hydrogens is 896 g/mol. The van der Waals surface area contributed by atoms with Gasteiger partial charge in [-0.05, 0) is 156 Å². The summed E-state index contributed by atoms with van der Waals surface area (Å²) in [7, 11) is 3.86. The van der Waals surface area contributed by atoms with Gasteiger partial charge in [-0.2, -0.15) is 0 Å². The van der Waals surface area contributed by atoms with Crippen LogP contribution in [0.3, 0.4) is 0 Å². The number of hydrogen-bond donors (Lipinski definition) is 2. The number of carbonyl (C=O) groups excluding carboxylic acids is 2. The number of fused-ring (bicyclic) bond motifs is 1. The van der Waals surface area contributed by atoms with E-state index < -0.39 is 0 Å². The van der Waals surface area contributed by atoms with Gasteiger partial charge in [-0.3, -0.25) is 14.8 Å². The molecule has 2 aromatic carbocycles. The molecule has 72 heavy (non-hydrogen) atoms. The van der Waals surface area contributed by atoms with Crippen LogP contribution in [0.4, 0.5) is 4.39 Å². The number of ether oxygens (including phenoxy) is 2. The molecule has 0 saturated carbocycles. The van der Waals surface area contributed by atoms with E-state index in [0.29, 0.717) is 42.5 Å². The highest BCUT2D eigenvalue weighted by Gasteiger charge is 2.24. The second-order valence-corrected chi connectivity index (χ2v) is 18.4. The highest BCUT2D eigenvalue weighted by Crippen LogP contribution is 2.33. The zero-order valence-electron chi connectivity index (χ0n) is 49.9. The van der Waals surface area contributed by atoms with Crippen LogP contribution in [0.5, 0.6) is 5.75 Å². The molecule has 0 aliphatic carbocycles. The van der Waals surface area contributed by atoms with Crippen molar-refractivity contribution >= 4 is 35.1 Å². The van der Waals surface area contributed by atoms with E-state index in [1.807, 2.05) is 72.3 Å². The van der Waals surface area contributed by atoms with Gasteiger partial charge in [0.2, 0.25) is 0 Å². The first-order valence-corrected chi connectivity index (χ1v) is 28.2. The Hall–Kier alpha value is -4.37. The lowest BCUT2D eigenvalue weighted by Gasteiger charge is -2.26. The molecule has 8 nitrogen and oxygen atoms in total. The van der Waals surface area contributed by atoms with E-state index >= 15 is 0 Å².